The minimum absolute atomic E-state index is 0.221. The zero-order chi connectivity index (χ0) is 15.1. The molecule has 20 heavy (non-hydrogen) atoms. The third-order valence-electron chi connectivity index (χ3n) is 2.88. The topological polar surface area (TPSA) is 0 Å². The fraction of sp³-hybridized carbons (Fsp3) is 0.222. The lowest BCUT2D eigenvalue weighted by atomic mass is 9.95. The van der Waals surface area contributed by atoms with Gasteiger partial charge in [-0.25, -0.2) is 4.39 Å². The molecule has 0 aliphatic rings. The number of halogens is 1. The van der Waals surface area contributed by atoms with E-state index in [0.717, 1.165) is 28.0 Å². The van der Waals surface area contributed by atoms with Crippen molar-refractivity contribution in [3.8, 4) is 0 Å². The predicted octanol–water partition coefficient (Wildman–Crippen LogP) is 6.03. The Bertz CT molecular complexity index is 553. The van der Waals surface area contributed by atoms with Crippen LogP contribution in [0.4, 0.5) is 4.39 Å². The van der Waals surface area contributed by atoms with Crippen LogP contribution in [0, 0.1) is 5.82 Å². The highest BCUT2D eigenvalue weighted by Gasteiger charge is 2.09. The average molecular weight is 288 g/mol. The van der Waals surface area contributed by atoms with Gasteiger partial charge >= 0.3 is 0 Å². The van der Waals surface area contributed by atoms with Gasteiger partial charge in [-0.05, 0) is 49.8 Å². The van der Waals surface area contributed by atoms with Crippen LogP contribution in [0.2, 0.25) is 0 Å². The molecule has 1 aromatic carbocycles. The van der Waals surface area contributed by atoms with Gasteiger partial charge < -0.3 is 0 Å². The van der Waals surface area contributed by atoms with Gasteiger partial charge in [0.25, 0.3) is 0 Å². The van der Waals surface area contributed by atoms with E-state index in [1.54, 1.807) is 23.9 Å². The molecule has 0 fully saturated rings. The Morgan fingerprint density at radius 3 is 2.55 bits per heavy atom. The molecule has 1 rings (SSSR count). The minimum atomic E-state index is -0.221. The third-order valence-corrected chi connectivity index (χ3v) is 3.60. The zero-order valence-corrected chi connectivity index (χ0v) is 13.0. The van der Waals surface area contributed by atoms with Gasteiger partial charge in [0, 0.05) is 10.5 Å². The summed E-state index contributed by atoms with van der Waals surface area (Å²) in [6, 6.07) is 5.14. The maximum Gasteiger partial charge on any atom is 0.130 e. The van der Waals surface area contributed by atoms with Crippen molar-refractivity contribution in [3.05, 3.63) is 72.6 Å². The van der Waals surface area contributed by atoms with E-state index < -0.39 is 0 Å². The first kappa shape index (κ1) is 16.5. The van der Waals surface area contributed by atoms with Gasteiger partial charge in [-0.15, -0.1) is 11.8 Å². The second-order valence-corrected chi connectivity index (χ2v) is 5.70. The molecule has 0 aliphatic heterocycles. The van der Waals surface area contributed by atoms with Crippen LogP contribution < -0.4 is 0 Å². The molecule has 0 aromatic heterocycles. The van der Waals surface area contributed by atoms with E-state index in [2.05, 4.69) is 19.7 Å². The summed E-state index contributed by atoms with van der Waals surface area (Å²) >= 11 is 1.60. The van der Waals surface area contributed by atoms with E-state index in [1.807, 2.05) is 25.3 Å². The van der Waals surface area contributed by atoms with E-state index in [9.17, 15) is 4.39 Å². The Kier molecular flexibility index (Phi) is 6.53. The summed E-state index contributed by atoms with van der Waals surface area (Å²) in [5.41, 5.74) is 3.59. The normalized spacial score (nSPS) is 11.2. The Balaban J connectivity index is 2.97. The summed E-state index contributed by atoms with van der Waals surface area (Å²) in [5, 5.41) is 0. The van der Waals surface area contributed by atoms with Crippen LogP contribution in [0.5, 0.6) is 0 Å². The van der Waals surface area contributed by atoms with Crippen LogP contribution in [0.25, 0.3) is 5.57 Å². The second kappa shape index (κ2) is 7.91. The molecule has 0 heterocycles. The Morgan fingerprint density at radius 2 is 2.00 bits per heavy atom. The summed E-state index contributed by atoms with van der Waals surface area (Å²) in [6.45, 7) is 13.7. The summed E-state index contributed by atoms with van der Waals surface area (Å²) < 4.78 is 13.9. The zero-order valence-electron chi connectivity index (χ0n) is 12.2. The van der Waals surface area contributed by atoms with Gasteiger partial charge in [0.2, 0.25) is 0 Å². The van der Waals surface area contributed by atoms with Crippen molar-refractivity contribution < 1.29 is 4.39 Å². The van der Waals surface area contributed by atoms with Gasteiger partial charge in [0.1, 0.15) is 5.82 Å². The van der Waals surface area contributed by atoms with Crippen molar-refractivity contribution in [2.75, 3.05) is 6.26 Å². The maximum absolute atomic E-state index is 13.9. The number of rotatable bonds is 7. The molecular formula is C18H21FS. The van der Waals surface area contributed by atoms with Crippen molar-refractivity contribution in [3.63, 3.8) is 0 Å². The second-order valence-electron chi connectivity index (χ2n) is 4.82. The van der Waals surface area contributed by atoms with E-state index in [4.69, 9.17) is 0 Å². The van der Waals surface area contributed by atoms with E-state index in [0.29, 0.717) is 12.0 Å². The third kappa shape index (κ3) is 4.86. The van der Waals surface area contributed by atoms with Crippen molar-refractivity contribution in [1.29, 1.82) is 0 Å². The highest BCUT2D eigenvalue weighted by Crippen LogP contribution is 2.29. The van der Waals surface area contributed by atoms with E-state index in [-0.39, 0.29) is 5.82 Å². The molecule has 0 atom stereocenters. The van der Waals surface area contributed by atoms with Crippen molar-refractivity contribution in [1.82, 2.24) is 0 Å². The molecule has 2 heteroatoms. The number of thioether (sulfide) groups is 1. The quantitative estimate of drug-likeness (QED) is 0.335. The van der Waals surface area contributed by atoms with Crippen molar-refractivity contribution in [2.24, 2.45) is 0 Å². The average Bonchev–Trinajstić information content (AvgIpc) is 2.38. The lowest BCUT2D eigenvalue weighted by Crippen LogP contribution is -1.93. The van der Waals surface area contributed by atoms with Gasteiger partial charge in [-0.1, -0.05) is 43.0 Å². The molecule has 0 spiro atoms. The number of hydrogen-bond acceptors (Lipinski definition) is 1. The first-order chi connectivity index (χ1) is 9.47. The lowest BCUT2D eigenvalue weighted by molar-refractivity contribution is 0.622. The molecule has 0 amide bonds. The SMILES string of the molecule is C=C/C=C(\CC(=C)C)CC(=C)c1cc(SC)ccc1F. The van der Waals surface area contributed by atoms with Crippen LogP contribution in [0.3, 0.4) is 0 Å². The van der Waals surface area contributed by atoms with Gasteiger partial charge in [-0.2, -0.15) is 0 Å². The predicted molar refractivity (Wildman–Crippen MR) is 89.5 cm³/mol. The number of benzene rings is 1. The monoisotopic (exact) mass is 288 g/mol. The van der Waals surface area contributed by atoms with Crippen LogP contribution in [0.15, 0.2) is 66.1 Å². The van der Waals surface area contributed by atoms with Crippen LogP contribution in [-0.2, 0) is 0 Å². The molecule has 0 saturated carbocycles. The smallest absolute Gasteiger partial charge is 0.130 e. The molecular weight excluding hydrogens is 267 g/mol. The first-order valence-electron chi connectivity index (χ1n) is 6.44. The summed E-state index contributed by atoms with van der Waals surface area (Å²) in [6.07, 6.45) is 7.10. The van der Waals surface area contributed by atoms with Gasteiger partial charge in [0.05, 0.1) is 0 Å². The molecule has 0 saturated heterocycles. The molecule has 0 unspecified atom stereocenters. The highest BCUT2D eigenvalue weighted by atomic mass is 32.2. The molecule has 0 aliphatic carbocycles. The lowest BCUT2D eigenvalue weighted by Gasteiger charge is -2.12. The summed E-state index contributed by atoms with van der Waals surface area (Å²) in [4.78, 5) is 1.04. The fourth-order valence-electron chi connectivity index (χ4n) is 2.01. The highest BCUT2D eigenvalue weighted by molar-refractivity contribution is 7.98. The van der Waals surface area contributed by atoms with Crippen LogP contribution in [0.1, 0.15) is 25.3 Å². The maximum atomic E-state index is 13.9. The molecule has 0 nitrogen and oxygen atoms in total. The Hall–Kier alpha value is -1.54. The summed E-state index contributed by atoms with van der Waals surface area (Å²) in [7, 11) is 0. The van der Waals surface area contributed by atoms with Crippen molar-refractivity contribution in [2.45, 2.75) is 24.7 Å². The first-order valence-corrected chi connectivity index (χ1v) is 7.67. The largest absolute Gasteiger partial charge is 0.206 e. The minimum Gasteiger partial charge on any atom is -0.206 e. The number of allylic oxidation sites excluding steroid dienone is 5. The van der Waals surface area contributed by atoms with Crippen LogP contribution in [-0.4, -0.2) is 6.26 Å². The number of hydrogen-bond donors (Lipinski definition) is 0. The molecule has 0 bridgehead atoms. The van der Waals surface area contributed by atoms with Crippen LogP contribution >= 0.6 is 11.8 Å². The standard InChI is InChI=1S/C18H21FS/c1-6-7-15(10-13(2)3)11-14(4)17-12-16(20-5)8-9-18(17)19/h6-9,12H,1-2,4,10-11H2,3,5H3/b15-7+. The van der Waals surface area contributed by atoms with Crippen molar-refractivity contribution >= 4 is 17.3 Å². The molecule has 0 N–H and O–H groups in total. The van der Waals surface area contributed by atoms with Gasteiger partial charge in [0.15, 0.2) is 0 Å². The van der Waals surface area contributed by atoms with E-state index >= 15 is 0 Å². The summed E-state index contributed by atoms with van der Waals surface area (Å²) in [5.74, 6) is -0.221. The molecule has 106 valence electrons. The van der Waals surface area contributed by atoms with E-state index in [1.165, 1.54) is 6.07 Å². The van der Waals surface area contributed by atoms with Gasteiger partial charge in [-0.3, -0.25) is 0 Å². The Labute approximate surface area is 125 Å². The molecule has 1 aromatic rings. The Morgan fingerprint density at radius 1 is 1.30 bits per heavy atom. The molecule has 0 radical (unpaired) electrons. The fourth-order valence-corrected chi connectivity index (χ4v) is 2.45.